The van der Waals surface area contributed by atoms with E-state index in [9.17, 15) is 0 Å². The second-order valence-corrected chi connectivity index (χ2v) is 7.20. The Kier molecular flexibility index (Phi) is 4.76. The summed E-state index contributed by atoms with van der Waals surface area (Å²) >= 11 is 1.92. The molecule has 1 radical (unpaired) electrons. The molecule has 0 aliphatic carbocycles. The van der Waals surface area contributed by atoms with Gasteiger partial charge < -0.3 is 16.0 Å². The van der Waals surface area contributed by atoms with Crippen molar-refractivity contribution in [1.29, 1.82) is 0 Å². The molecule has 4 nitrogen and oxygen atoms in total. The molecule has 1 aromatic heterocycles. The molecule has 2 aromatic carbocycles. The third-order valence-electron chi connectivity index (χ3n) is 4.38. The molecule has 0 atom stereocenters. The summed E-state index contributed by atoms with van der Waals surface area (Å²) in [7, 11) is 0. The summed E-state index contributed by atoms with van der Waals surface area (Å²) in [5, 5.41) is 4.52. The van der Waals surface area contributed by atoms with Crippen LogP contribution in [0.25, 0.3) is 10.9 Å². The van der Waals surface area contributed by atoms with Crippen LogP contribution in [0.2, 0.25) is 0 Å². The van der Waals surface area contributed by atoms with Crippen LogP contribution in [0.1, 0.15) is 5.56 Å². The Balaban J connectivity index is 1.73. The molecular weight excluding hydrogens is 328 g/mol. The van der Waals surface area contributed by atoms with Crippen molar-refractivity contribution in [3.05, 3.63) is 60.2 Å². The van der Waals surface area contributed by atoms with Gasteiger partial charge in [0.1, 0.15) is 5.82 Å². The lowest BCUT2D eigenvalue weighted by Gasteiger charge is -2.23. The number of nitrogens with zero attached hydrogens (tertiary/aromatic N) is 2. The van der Waals surface area contributed by atoms with Gasteiger partial charge in [-0.3, -0.25) is 0 Å². The number of nitrogens with two attached hydrogens (primary N) is 1. The largest absolute Gasteiger partial charge is 0.383 e. The van der Waals surface area contributed by atoms with Gasteiger partial charge in [0.15, 0.2) is 0 Å². The molecule has 0 fully saturated rings. The van der Waals surface area contributed by atoms with Crippen molar-refractivity contribution in [2.75, 3.05) is 35.6 Å². The minimum Gasteiger partial charge on any atom is -0.383 e. The van der Waals surface area contributed by atoms with Gasteiger partial charge in [-0.15, -0.1) is 11.8 Å². The first-order valence-electron chi connectivity index (χ1n) is 8.55. The molecule has 3 aromatic rings. The maximum absolute atomic E-state index is 5.68. The zero-order valence-corrected chi connectivity index (χ0v) is 14.9. The van der Waals surface area contributed by atoms with E-state index in [2.05, 4.69) is 46.6 Å². The molecule has 1 aliphatic rings. The van der Waals surface area contributed by atoms with Crippen LogP contribution < -0.4 is 16.0 Å². The van der Waals surface area contributed by atoms with E-state index < -0.39 is 0 Å². The van der Waals surface area contributed by atoms with Gasteiger partial charge in [-0.25, -0.2) is 4.98 Å². The van der Waals surface area contributed by atoms with Gasteiger partial charge in [-0.05, 0) is 29.8 Å². The first kappa shape index (κ1) is 16.2. The Morgan fingerprint density at radius 1 is 1.28 bits per heavy atom. The van der Waals surface area contributed by atoms with Gasteiger partial charge in [0, 0.05) is 54.0 Å². The molecule has 3 N–H and O–H groups in total. The lowest BCUT2D eigenvalue weighted by atomic mass is 10.1. The lowest BCUT2D eigenvalue weighted by Crippen LogP contribution is -2.25. The topological polar surface area (TPSA) is 54.2 Å². The van der Waals surface area contributed by atoms with Crippen molar-refractivity contribution in [2.24, 2.45) is 5.73 Å². The Bertz CT molecular complexity index is 880. The van der Waals surface area contributed by atoms with Crippen LogP contribution >= 0.6 is 11.8 Å². The zero-order valence-electron chi connectivity index (χ0n) is 14.0. The lowest BCUT2D eigenvalue weighted by molar-refractivity contribution is 0.821. The van der Waals surface area contributed by atoms with E-state index in [1.54, 1.807) is 0 Å². The van der Waals surface area contributed by atoms with Crippen molar-refractivity contribution < 1.29 is 0 Å². The molecule has 4 rings (SSSR count). The van der Waals surface area contributed by atoms with Gasteiger partial charge in [0.25, 0.3) is 0 Å². The van der Waals surface area contributed by atoms with Crippen LogP contribution in [-0.4, -0.2) is 30.4 Å². The molecule has 1 aliphatic heterocycles. The monoisotopic (exact) mass is 349 g/mol. The number of aromatic nitrogens is 1. The van der Waals surface area contributed by atoms with Crippen LogP contribution in [0.3, 0.4) is 0 Å². The normalized spacial score (nSPS) is 14.2. The number of pyridine rings is 1. The van der Waals surface area contributed by atoms with Crippen molar-refractivity contribution in [3.8, 4) is 0 Å². The Morgan fingerprint density at radius 2 is 2.20 bits per heavy atom. The van der Waals surface area contributed by atoms with Gasteiger partial charge >= 0.3 is 0 Å². The van der Waals surface area contributed by atoms with Gasteiger partial charge in [0.2, 0.25) is 0 Å². The van der Waals surface area contributed by atoms with Crippen molar-refractivity contribution in [2.45, 2.75) is 11.4 Å². The second-order valence-electron chi connectivity index (χ2n) is 6.06. The number of thioether (sulfide) groups is 1. The van der Waals surface area contributed by atoms with E-state index in [0.29, 0.717) is 6.54 Å². The predicted octanol–water partition coefficient (Wildman–Crippen LogP) is 3.52. The van der Waals surface area contributed by atoms with Crippen molar-refractivity contribution >= 4 is 34.2 Å². The Labute approximate surface area is 152 Å². The third kappa shape index (κ3) is 3.43. The summed E-state index contributed by atoms with van der Waals surface area (Å²) in [6.45, 7) is 3.21. The molecule has 0 saturated heterocycles. The maximum Gasteiger partial charge on any atom is 0.131 e. The Morgan fingerprint density at radius 3 is 3.12 bits per heavy atom. The first-order chi connectivity index (χ1) is 12.3. The van der Waals surface area contributed by atoms with Crippen LogP contribution in [0, 0.1) is 6.07 Å². The maximum atomic E-state index is 5.68. The highest BCUT2D eigenvalue weighted by Crippen LogP contribution is 2.32. The first-order valence-corrected chi connectivity index (χ1v) is 9.54. The zero-order chi connectivity index (χ0) is 17.1. The third-order valence-corrected chi connectivity index (χ3v) is 5.47. The number of fused-ring (bicyclic) bond motifs is 2. The van der Waals surface area contributed by atoms with E-state index in [4.69, 9.17) is 10.7 Å². The number of benzene rings is 2. The molecule has 0 amide bonds. The summed E-state index contributed by atoms with van der Waals surface area (Å²) in [5.74, 6) is 2.07. The average molecular weight is 349 g/mol. The molecule has 2 heterocycles. The summed E-state index contributed by atoms with van der Waals surface area (Å²) in [4.78, 5) is 8.65. The van der Waals surface area contributed by atoms with E-state index in [-0.39, 0.29) is 0 Å². The molecule has 0 unspecified atom stereocenters. The van der Waals surface area contributed by atoms with E-state index in [1.165, 1.54) is 10.5 Å². The summed E-state index contributed by atoms with van der Waals surface area (Å²) < 4.78 is 0. The van der Waals surface area contributed by atoms with Gasteiger partial charge in [0.05, 0.1) is 5.52 Å². The van der Waals surface area contributed by atoms with Gasteiger partial charge in [-0.1, -0.05) is 24.3 Å². The van der Waals surface area contributed by atoms with Crippen molar-refractivity contribution in [1.82, 2.24) is 4.98 Å². The SMILES string of the molecule is NCCNc1cc(N2CCSc3ccccc3C2)nc2cc[c]cc12. The van der Waals surface area contributed by atoms with Crippen LogP contribution in [0.5, 0.6) is 0 Å². The molecule has 25 heavy (non-hydrogen) atoms. The fourth-order valence-electron chi connectivity index (χ4n) is 3.13. The van der Waals surface area contributed by atoms with Gasteiger partial charge in [-0.2, -0.15) is 0 Å². The standard InChI is InChI=1S/C20H21N4S/c21-9-10-22-18-13-20(23-17-7-3-2-6-16(17)18)24-11-12-25-19-8-4-1-5-15(19)14-24/h1,3-8,13H,9-12,14,21H2,(H,22,23). The quantitative estimate of drug-likeness (QED) is 0.755. The van der Waals surface area contributed by atoms with Crippen LogP contribution in [0.15, 0.2) is 53.4 Å². The highest BCUT2D eigenvalue weighted by atomic mass is 32.2. The average Bonchev–Trinajstić information content (AvgIpc) is 2.88. The molecule has 5 heteroatoms. The number of nitrogens with one attached hydrogen (secondary N) is 1. The van der Waals surface area contributed by atoms with E-state index >= 15 is 0 Å². The fourth-order valence-corrected chi connectivity index (χ4v) is 4.16. The molecule has 0 saturated carbocycles. The number of rotatable bonds is 4. The summed E-state index contributed by atoms with van der Waals surface area (Å²) in [5.41, 5.74) is 9.10. The van der Waals surface area contributed by atoms with Crippen LogP contribution in [0.4, 0.5) is 11.5 Å². The molecule has 0 spiro atoms. The minimum atomic E-state index is 0.601. The minimum absolute atomic E-state index is 0.601. The highest BCUT2D eigenvalue weighted by Gasteiger charge is 2.17. The number of anilines is 2. The van der Waals surface area contributed by atoms with Crippen LogP contribution in [-0.2, 0) is 6.54 Å². The molecule has 127 valence electrons. The predicted molar refractivity (Wildman–Crippen MR) is 106 cm³/mol. The number of hydrogen-bond acceptors (Lipinski definition) is 5. The summed E-state index contributed by atoms with van der Waals surface area (Å²) in [6, 6.07) is 19.9. The smallest absolute Gasteiger partial charge is 0.131 e. The highest BCUT2D eigenvalue weighted by molar-refractivity contribution is 7.99. The summed E-state index contributed by atoms with van der Waals surface area (Å²) in [6.07, 6.45) is 0. The van der Waals surface area contributed by atoms with E-state index in [0.717, 1.165) is 47.8 Å². The van der Waals surface area contributed by atoms with Crippen molar-refractivity contribution in [3.63, 3.8) is 0 Å². The Hall–Kier alpha value is -2.24. The molecular formula is C20H21N4S. The fraction of sp³-hybridized carbons (Fsp3) is 0.250. The number of hydrogen-bond donors (Lipinski definition) is 2. The van der Waals surface area contributed by atoms with E-state index in [1.807, 2.05) is 30.0 Å². The second kappa shape index (κ2) is 7.33. The molecule has 0 bridgehead atoms.